The standard InChI is InChI=1S/C14H18O2/c1-2-3-4-5-14(15)11-6-7-12-9-16-10-13(12)8-11/h6-8H,2-5,9-10H2,1H3. The van der Waals surface area contributed by atoms with Gasteiger partial charge in [0.2, 0.25) is 0 Å². The summed E-state index contributed by atoms with van der Waals surface area (Å²) in [7, 11) is 0. The molecule has 0 fully saturated rings. The van der Waals surface area contributed by atoms with Gasteiger partial charge in [0.05, 0.1) is 13.2 Å². The molecule has 0 spiro atoms. The minimum absolute atomic E-state index is 0.267. The summed E-state index contributed by atoms with van der Waals surface area (Å²) in [6.45, 7) is 3.50. The van der Waals surface area contributed by atoms with E-state index in [1.807, 2.05) is 18.2 Å². The van der Waals surface area contributed by atoms with Gasteiger partial charge in [-0.05, 0) is 23.6 Å². The molecule has 0 atom stereocenters. The van der Waals surface area contributed by atoms with Crippen molar-refractivity contribution in [2.75, 3.05) is 0 Å². The van der Waals surface area contributed by atoms with E-state index in [9.17, 15) is 4.79 Å². The lowest BCUT2D eigenvalue weighted by Crippen LogP contribution is -2.00. The molecule has 16 heavy (non-hydrogen) atoms. The van der Waals surface area contributed by atoms with Crippen molar-refractivity contribution in [3.8, 4) is 0 Å². The van der Waals surface area contributed by atoms with Crippen LogP contribution in [-0.2, 0) is 18.0 Å². The first-order valence-electron chi connectivity index (χ1n) is 6.04. The summed E-state index contributed by atoms with van der Waals surface area (Å²) in [5.41, 5.74) is 3.26. The molecule has 0 aromatic heterocycles. The lowest BCUT2D eigenvalue weighted by Gasteiger charge is -2.03. The predicted molar refractivity (Wildman–Crippen MR) is 63.4 cm³/mol. The van der Waals surface area contributed by atoms with E-state index < -0.39 is 0 Å². The smallest absolute Gasteiger partial charge is 0.162 e. The van der Waals surface area contributed by atoms with Crippen molar-refractivity contribution < 1.29 is 9.53 Å². The van der Waals surface area contributed by atoms with Crippen LogP contribution in [0.25, 0.3) is 0 Å². The van der Waals surface area contributed by atoms with Gasteiger partial charge in [0.15, 0.2) is 5.78 Å². The number of benzene rings is 1. The SMILES string of the molecule is CCCCCC(=O)c1ccc2c(c1)COC2. The van der Waals surface area contributed by atoms with Gasteiger partial charge in [-0.3, -0.25) is 4.79 Å². The van der Waals surface area contributed by atoms with Crippen molar-refractivity contribution in [2.45, 2.75) is 45.8 Å². The van der Waals surface area contributed by atoms with Gasteiger partial charge in [-0.1, -0.05) is 31.9 Å². The Hall–Kier alpha value is -1.15. The first kappa shape index (κ1) is 11.3. The Morgan fingerprint density at radius 2 is 2.06 bits per heavy atom. The number of hydrogen-bond acceptors (Lipinski definition) is 2. The zero-order chi connectivity index (χ0) is 11.4. The number of rotatable bonds is 5. The first-order valence-corrected chi connectivity index (χ1v) is 6.04. The van der Waals surface area contributed by atoms with Gasteiger partial charge >= 0.3 is 0 Å². The fourth-order valence-corrected chi connectivity index (χ4v) is 2.03. The molecule has 2 nitrogen and oxygen atoms in total. The second-order valence-electron chi connectivity index (χ2n) is 4.36. The van der Waals surface area contributed by atoms with Crippen LogP contribution < -0.4 is 0 Å². The number of carbonyl (C=O) groups is 1. The quantitative estimate of drug-likeness (QED) is 0.558. The van der Waals surface area contributed by atoms with Gasteiger partial charge in [0.25, 0.3) is 0 Å². The number of ketones is 1. The Labute approximate surface area is 96.6 Å². The van der Waals surface area contributed by atoms with Crippen LogP contribution in [0.3, 0.4) is 0 Å². The molecule has 1 aliphatic heterocycles. The molecule has 1 aromatic carbocycles. The van der Waals surface area contributed by atoms with E-state index >= 15 is 0 Å². The largest absolute Gasteiger partial charge is 0.372 e. The van der Waals surface area contributed by atoms with Crippen molar-refractivity contribution >= 4 is 5.78 Å². The van der Waals surface area contributed by atoms with E-state index in [0.717, 1.165) is 24.8 Å². The van der Waals surface area contributed by atoms with Crippen LogP contribution in [-0.4, -0.2) is 5.78 Å². The number of fused-ring (bicyclic) bond motifs is 1. The highest BCUT2D eigenvalue weighted by Gasteiger charge is 2.13. The molecular formula is C14H18O2. The highest BCUT2D eigenvalue weighted by Crippen LogP contribution is 2.21. The minimum Gasteiger partial charge on any atom is -0.372 e. The third kappa shape index (κ3) is 2.50. The van der Waals surface area contributed by atoms with Crippen molar-refractivity contribution in [3.63, 3.8) is 0 Å². The van der Waals surface area contributed by atoms with E-state index in [4.69, 9.17) is 4.74 Å². The van der Waals surface area contributed by atoms with Gasteiger partial charge in [-0.2, -0.15) is 0 Å². The number of Topliss-reactive ketones (excluding diaryl/α,β-unsaturated/α-hetero) is 1. The third-order valence-electron chi connectivity index (χ3n) is 3.05. The predicted octanol–water partition coefficient (Wildman–Crippen LogP) is 3.48. The molecule has 0 bridgehead atoms. The lowest BCUT2D eigenvalue weighted by molar-refractivity contribution is 0.0979. The second-order valence-corrected chi connectivity index (χ2v) is 4.36. The van der Waals surface area contributed by atoms with Gasteiger partial charge in [-0.25, -0.2) is 0 Å². The van der Waals surface area contributed by atoms with Crippen LogP contribution in [0.1, 0.15) is 54.1 Å². The molecule has 0 saturated heterocycles. The number of carbonyl (C=O) groups excluding carboxylic acids is 1. The summed E-state index contributed by atoms with van der Waals surface area (Å²) in [6.07, 6.45) is 3.97. The Morgan fingerprint density at radius 3 is 2.88 bits per heavy atom. The summed E-state index contributed by atoms with van der Waals surface area (Å²) >= 11 is 0. The molecule has 1 aliphatic rings. The van der Waals surface area contributed by atoms with Gasteiger partial charge in [-0.15, -0.1) is 0 Å². The van der Waals surface area contributed by atoms with E-state index in [-0.39, 0.29) is 5.78 Å². The number of unbranched alkanes of at least 4 members (excludes halogenated alkanes) is 2. The topological polar surface area (TPSA) is 26.3 Å². The Bertz CT molecular complexity index is 382. The van der Waals surface area contributed by atoms with Crippen molar-refractivity contribution in [2.24, 2.45) is 0 Å². The average molecular weight is 218 g/mol. The van der Waals surface area contributed by atoms with Crippen LogP contribution in [0.15, 0.2) is 18.2 Å². The molecule has 0 aliphatic carbocycles. The third-order valence-corrected chi connectivity index (χ3v) is 3.05. The zero-order valence-electron chi connectivity index (χ0n) is 9.79. The fourth-order valence-electron chi connectivity index (χ4n) is 2.03. The Balaban J connectivity index is 2.01. The molecule has 0 unspecified atom stereocenters. The number of ether oxygens (including phenoxy) is 1. The maximum Gasteiger partial charge on any atom is 0.162 e. The number of hydrogen-bond donors (Lipinski definition) is 0. The summed E-state index contributed by atoms with van der Waals surface area (Å²) in [4.78, 5) is 11.9. The van der Waals surface area contributed by atoms with Gasteiger partial charge in [0.1, 0.15) is 0 Å². The van der Waals surface area contributed by atoms with E-state index in [1.165, 1.54) is 11.1 Å². The van der Waals surface area contributed by atoms with Crippen molar-refractivity contribution in [1.82, 2.24) is 0 Å². The molecular weight excluding hydrogens is 200 g/mol. The maximum atomic E-state index is 11.9. The Kier molecular flexibility index (Phi) is 3.73. The summed E-state index contributed by atoms with van der Waals surface area (Å²) in [5, 5.41) is 0. The fraction of sp³-hybridized carbons (Fsp3) is 0.500. The average Bonchev–Trinajstić information content (AvgIpc) is 2.76. The zero-order valence-corrected chi connectivity index (χ0v) is 9.79. The van der Waals surface area contributed by atoms with Gasteiger partial charge in [0, 0.05) is 12.0 Å². The second kappa shape index (κ2) is 5.26. The molecule has 86 valence electrons. The summed E-state index contributed by atoms with van der Waals surface area (Å²) in [6, 6.07) is 5.95. The molecule has 2 rings (SSSR count). The molecule has 1 aromatic rings. The monoisotopic (exact) mass is 218 g/mol. The van der Waals surface area contributed by atoms with Crippen LogP contribution in [0.4, 0.5) is 0 Å². The molecule has 0 radical (unpaired) electrons. The lowest BCUT2D eigenvalue weighted by atomic mass is 10.0. The molecule has 2 heteroatoms. The molecule has 0 amide bonds. The van der Waals surface area contributed by atoms with Crippen LogP contribution in [0, 0.1) is 0 Å². The minimum atomic E-state index is 0.267. The molecule has 1 heterocycles. The molecule has 0 saturated carbocycles. The van der Waals surface area contributed by atoms with Crippen molar-refractivity contribution in [1.29, 1.82) is 0 Å². The Morgan fingerprint density at radius 1 is 1.25 bits per heavy atom. The van der Waals surface area contributed by atoms with Crippen LogP contribution in [0.5, 0.6) is 0 Å². The summed E-state index contributed by atoms with van der Waals surface area (Å²) < 4.78 is 5.34. The van der Waals surface area contributed by atoms with Crippen LogP contribution >= 0.6 is 0 Å². The van der Waals surface area contributed by atoms with Gasteiger partial charge < -0.3 is 4.74 Å². The highest BCUT2D eigenvalue weighted by atomic mass is 16.5. The maximum absolute atomic E-state index is 11.9. The highest BCUT2D eigenvalue weighted by molar-refractivity contribution is 5.96. The van der Waals surface area contributed by atoms with Crippen LogP contribution in [0.2, 0.25) is 0 Å². The van der Waals surface area contributed by atoms with E-state index in [1.54, 1.807) is 0 Å². The first-order chi connectivity index (χ1) is 7.81. The van der Waals surface area contributed by atoms with Crippen molar-refractivity contribution in [3.05, 3.63) is 34.9 Å². The molecule has 0 N–H and O–H groups in total. The normalized spacial score (nSPS) is 13.8. The van der Waals surface area contributed by atoms with E-state index in [0.29, 0.717) is 19.6 Å². The van der Waals surface area contributed by atoms with E-state index in [2.05, 4.69) is 6.92 Å². The summed E-state index contributed by atoms with van der Waals surface area (Å²) in [5.74, 6) is 0.267.